The Hall–Kier alpha value is -0.550. The molecule has 1 aliphatic heterocycles. The van der Waals surface area contributed by atoms with Crippen molar-refractivity contribution >= 4 is 24.8 Å². The smallest absolute Gasteiger partial charge is 0.128 e. The van der Waals surface area contributed by atoms with E-state index in [4.69, 9.17) is 4.74 Å². The monoisotopic (exact) mass is 321 g/mol. The molecule has 1 N–H and O–H groups in total. The van der Waals surface area contributed by atoms with Crippen molar-refractivity contribution in [3.8, 4) is 5.75 Å². The summed E-state index contributed by atoms with van der Waals surface area (Å²) < 4.78 is 5.46. The third kappa shape index (κ3) is 4.22. The zero-order valence-electron chi connectivity index (χ0n) is 12.6. The van der Waals surface area contributed by atoms with Gasteiger partial charge in [-0.25, -0.2) is 0 Å². The maximum atomic E-state index is 5.46. The van der Waals surface area contributed by atoms with Crippen LogP contribution in [-0.2, 0) is 6.54 Å². The second-order valence-electron chi connectivity index (χ2n) is 5.07. The van der Waals surface area contributed by atoms with Gasteiger partial charge in [0.25, 0.3) is 0 Å². The van der Waals surface area contributed by atoms with Crippen molar-refractivity contribution in [2.75, 3.05) is 26.7 Å². The normalized spacial score (nSPS) is 18.9. The molecule has 0 saturated carbocycles. The highest BCUT2D eigenvalue weighted by molar-refractivity contribution is 5.85. The summed E-state index contributed by atoms with van der Waals surface area (Å²) in [6, 6.07) is 0.562. The van der Waals surface area contributed by atoms with Gasteiger partial charge in [-0.2, -0.15) is 0 Å². The first-order valence-corrected chi connectivity index (χ1v) is 6.57. The Balaban J connectivity index is 0.00000180. The molecule has 20 heavy (non-hydrogen) atoms. The second-order valence-corrected chi connectivity index (χ2v) is 5.07. The van der Waals surface area contributed by atoms with E-state index in [1.54, 1.807) is 7.11 Å². The van der Waals surface area contributed by atoms with Gasteiger partial charge < -0.3 is 10.1 Å². The van der Waals surface area contributed by atoms with Gasteiger partial charge in [-0.05, 0) is 20.8 Å². The van der Waals surface area contributed by atoms with Gasteiger partial charge in [0.1, 0.15) is 5.75 Å². The van der Waals surface area contributed by atoms with E-state index in [2.05, 4.69) is 29.0 Å². The van der Waals surface area contributed by atoms with Crippen molar-refractivity contribution in [1.29, 1.82) is 0 Å². The minimum atomic E-state index is 0. The van der Waals surface area contributed by atoms with Crippen LogP contribution in [0.2, 0.25) is 0 Å². The zero-order chi connectivity index (χ0) is 13.1. The van der Waals surface area contributed by atoms with Gasteiger partial charge >= 0.3 is 0 Å². The van der Waals surface area contributed by atoms with Crippen LogP contribution >= 0.6 is 24.8 Å². The number of aryl methyl sites for hydroxylation is 1. The summed E-state index contributed by atoms with van der Waals surface area (Å²) in [7, 11) is 1.73. The van der Waals surface area contributed by atoms with Gasteiger partial charge in [0, 0.05) is 49.5 Å². The highest BCUT2D eigenvalue weighted by atomic mass is 35.5. The fraction of sp³-hybridized carbons (Fsp3) is 0.643. The maximum absolute atomic E-state index is 5.46. The highest BCUT2D eigenvalue weighted by Crippen LogP contribution is 2.25. The van der Waals surface area contributed by atoms with Crippen LogP contribution in [0.4, 0.5) is 0 Å². The van der Waals surface area contributed by atoms with E-state index in [1.807, 2.05) is 13.1 Å². The van der Waals surface area contributed by atoms with Crippen LogP contribution in [0.15, 0.2) is 6.20 Å². The first-order chi connectivity index (χ1) is 8.63. The minimum absolute atomic E-state index is 0. The van der Waals surface area contributed by atoms with Crippen molar-refractivity contribution < 1.29 is 4.74 Å². The molecule has 1 fully saturated rings. The Labute approximate surface area is 134 Å². The predicted molar refractivity (Wildman–Crippen MR) is 87.5 cm³/mol. The summed E-state index contributed by atoms with van der Waals surface area (Å²) in [5.74, 6) is 0.975. The molecule has 0 radical (unpaired) electrons. The summed E-state index contributed by atoms with van der Waals surface area (Å²) in [5.41, 5.74) is 3.40. The second kappa shape index (κ2) is 8.67. The lowest BCUT2D eigenvalue weighted by molar-refractivity contribution is 0.163. The molecular weight excluding hydrogens is 297 g/mol. The third-order valence-corrected chi connectivity index (χ3v) is 3.74. The molecule has 1 aliphatic rings. The average Bonchev–Trinajstić information content (AvgIpc) is 2.36. The summed E-state index contributed by atoms with van der Waals surface area (Å²) in [5, 5.41) is 3.41. The molecule has 0 spiro atoms. The van der Waals surface area contributed by atoms with E-state index in [0.717, 1.165) is 43.2 Å². The Morgan fingerprint density at radius 1 is 1.40 bits per heavy atom. The molecule has 6 heteroatoms. The Kier molecular flexibility index (Phi) is 8.44. The number of nitrogens with one attached hydrogen (secondary N) is 1. The SMILES string of the molecule is COc1c(C)cnc(CN2CCNCC2C)c1C.Cl.Cl. The van der Waals surface area contributed by atoms with Crippen LogP contribution in [0.5, 0.6) is 5.75 Å². The minimum Gasteiger partial charge on any atom is -0.496 e. The van der Waals surface area contributed by atoms with E-state index < -0.39 is 0 Å². The Morgan fingerprint density at radius 2 is 2.10 bits per heavy atom. The van der Waals surface area contributed by atoms with Gasteiger partial charge in [-0.3, -0.25) is 9.88 Å². The van der Waals surface area contributed by atoms with Crippen LogP contribution in [0.25, 0.3) is 0 Å². The molecule has 116 valence electrons. The quantitative estimate of drug-likeness (QED) is 0.927. The Morgan fingerprint density at radius 3 is 2.70 bits per heavy atom. The summed E-state index contributed by atoms with van der Waals surface area (Å²) in [6.45, 7) is 10.5. The van der Waals surface area contributed by atoms with Crippen LogP contribution < -0.4 is 10.1 Å². The number of nitrogens with zero attached hydrogens (tertiary/aromatic N) is 2. The molecule has 0 aliphatic carbocycles. The van der Waals surface area contributed by atoms with E-state index in [1.165, 1.54) is 5.56 Å². The average molecular weight is 322 g/mol. The molecular formula is C14H25Cl2N3O. The number of hydrogen-bond acceptors (Lipinski definition) is 4. The number of ether oxygens (including phenoxy) is 1. The number of methoxy groups -OCH3 is 1. The molecule has 0 bridgehead atoms. The topological polar surface area (TPSA) is 37.4 Å². The summed E-state index contributed by atoms with van der Waals surface area (Å²) in [6.07, 6.45) is 1.91. The number of piperazine rings is 1. The van der Waals surface area contributed by atoms with E-state index in [0.29, 0.717) is 6.04 Å². The van der Waals surface area contributed by atoms with Crippen molar-refractivity contribution in [2.45, 2.75) is 33.4 Å². The van der Waals surface area contributed by atoms with Crippen LogP contribution in [0.1, 0.15) is 23.7 Å². The first kappa shape index (κ1) is 19.4. The standard InChI is InChI=1S/C14H23N3O.2ClH/c1-10-7-16-13(12(3)14(10)18-4)9-17-6-5-15-8-11(17)2;;/h7,11,15H,5-6,8-9H2,1-4H3;2*1H. The molecule has 4 nitrogen and oxygen atoms in total. The molecule has 1 atom stereocenters. The van der Waals surface area contributed by atoms with Crippen molar-refractivity contribution in [1.82, 2.24) is 15.2 Å². The number of halogens is 2. The lowest BCUT2D eigenvalue weighted by Gasteiger charge is -2.34. The van der Waals surface area contributed by atoms with E-state index in [9.17, 15) is 0 Å². The summed E-state index contributed by atoms with van der Waals surface area (Å²) in [4.78, 5) is 7.05. The van der Waals surface area contributed by atoms with Crippen LogP contribution in [0.3, 0.4) is 0 Å². The molecule has 2 heterocycles. The van der Waals surface area contributed by atoms with Crippen LogP contribution in [0, 0.1) is 13.8 Å². The molecule has 2 rings (SSSR count). The Bertz CT molecular complexity index is 429. The number of hydrogen-bond donors (Lipinski definition) is 1. The van der Waals surface area contributed by atoms with Crippen molar-refractivity contribution in [2.24, 2.45) is 0 Å². The number of aromatic nitrogens is 1. The predicted octanol–water partition coefficient (Wildman–Crippen LogP) is 2.34. The van der Waals surface area contributed by atoms with Crippen molar-refractivity contribution in [3.05, 3.63) is 23.0 Å². The molecule has 1 unspecified atom stereocenters. The third-order valence-electron chi connectivity index (χ3n) is 3.74. The fourth-order valence-electron chi connectivity index (χ4n) is 2.54. The lowest BCUT2D eigenvalue weighted by atomic mass is 10.1. The number of pyridine rings is 1. The molecule has 0 amide bonds. The van der Waals surface area contributed by atoms with E-state index >= 15 is 0 Å². The first-order valence-electron chi connectivity index (χ1n) is 6.57. The maximum Gasteiger partial charge on any atom is 0.128 e. The molecule has 1 saturated heterocycles. The van der Waals surface area contributed by atoms with Gasteiger partial charge in [0.15, 0.2) is 0 Å². The lowest BCUT2D eigenvalue weighted by Crippen LogP contribution is -2.49. The van der Waals surface area contributed by atoms with Crippen LogP contribution in [-0.4, -0.2) is 42.7 Å². The van der Waals surface area contributed by atoms with Gasteiger partial charge in [0.2, 0.25) is 0 Å². The van der Waals surface area contributed by atoms with Gasteiger partial charge in [-0.1, -0.05) is 0 Å². The zero-order valence-corrected chi connectivity index (χ0v) is 14.2. The van der Waals surface area contributed by atoms with E-state index in [-0.39, 0.29) is 24.8 Å². The fourth-order valence-corrected chi connectivity index (χ4v) is 2.54. The van der Waals surface area contributed by atoms with Gasteiger partial charge in [-0.15, -0.1) is 24.8 Å². The highest BCUT2D eigenvalue weighted by Gasteiger charge is 2.20. The summed E-state index contributed by atoms with van der Waals surface area (Å²) >= 11 is 0. The van der Waals surface area contributed by atoms with Crippen molar-refractivity contribution in [3.63, 3.8) is 0 Å². The molecule has 1 aromatic heterocycles. The van der Waals surface area contributed by atoms with Gasteiger partial charge in [0.05, 0.1) is 12.8 Å². The molecule has 1 aromatic rings. The largest absolute Gasteiger partial charge is 0.496 e. The molecule has 0 aromatic carbocycles. The number of rotatable bonds is 3.